The molecule has 0 saturated carbocycles. The maximum Gasteiger partial charge on any atom is 0.236 e. The zero-order chi connectivity index (χ0) is 12.7. The van der Waals surface area contributed by atoms with E-state index in [9.17, 15) is 4.79 Å². The van der Waals surface area contributed by atoms with Gasteiger partial charge in [-0.1, -0.05) is 13.3 Å². The summed E-state index contributed by atoms with van der Waals surface area (Å²) in [5.74, 6) is -0.340. The Morgan fingerprint density at radius 3 is 2.88 bits per heavy atom. The van der Waals surface area contributed by atoms with Crippen LogP contribution in [0.2, 0.25) is 0 Å². The van der Waals surface area contributed by atoms with Crippen LogP contribution < -0.4 is 16.4 Å². The van der Waals surface area contributed by atoms with Gasteiger partial charge in [0.05, 0.1) is 17.9 Å². The molecule has 0 radical (unpaired) electrons. The number of carbonyl (C=O) groups excluding carboxylic acids is 1. The Morgan fingerprint density at radius 2 is 2.29 bits per heavy atom. The predicted molar refractivity (Wildman–Crippen MR) is 68.4 cm³/mol. The zero-order valence-electron chi connectivity index (χ0n) is 10.2. The van der Waals surface area contributed by atoms with Crippen LogP contribution in [0.25, 0.3) is 0 Å². The van der Waals surface area contributed by atoms with E-state index in [0.717, 1.165) is 30.8 Å². The molecule has 0 unspecified atom stereocenters. The minimum absolute atomic E-state index is 0.207. The molecule has 0 spiro atoms. The van der Waals surface area contributed by atoms with Crippen molar-refractivity contribution < 1.29 is 4.79 Å². The van der Waals surface area contributed by atoms with Crippen molar-refractivity contribution in [2.24, 2.45) is 11.5 Å². The molecule has 1 aromatic rings. The fraction of sp³-hybridized carbons (Fsp3) is 0.500. The van der Waals surface area contributed by atoms with E-state index in [-0.39, 0.29) is 12.5 Å². The number of unbranched alkanes of at least 4 members (excludes halogenated alkanes) is 1. The summed E-state index contributed by atoms with van der Waals surface area (Å²) in [5.41, 5.74) is 12.6. The summed E-state index contributed by atoms with van der Waals surface area (Å²) < 4.78 is 0. The number of pyridine rings is 1. The number of nitrogens with zero attached hydrogens (tertiary/aromatic N) is 2. The van der Waals surface area contributed by atoms with Crippen molar-refractivity contribution >= 4 is 11.6 Å². The maximum absolute atomic E-state index is 11.1. The number of anilines is 1. The summed E-state index contributed by atoms with van der Waals surface area (Å²) in [6.07, 6.45) is 3.77. The number of aromatic nitrogens is 1. The molecule has 5 nitrogen and oxygen atoms in total. The minimum atomic E-state index is -0.340. The lowest BCUT2D eigenvalue weighted by molar-refractivity contribution is -0.116. The summed E-state index contributed by atoms with van der Waals surface area (Å²) in [6.45, 7) is 3.46. The van der Waals surface area contributed by atoms with Gasteiger partial charge in [-0.15, -0.1) is 0 Å². The lowest BCUT2D eigenvalue weighted by Gasteiger charge is -2.24. The highest BCUT2D eigenvalue weighted by Crippen LogP contribution is 2.18. The van der Waals surface area contributed by atoms with E-state index in [1.807, 2.05) is 17.0 Å². The molecule has 0 aliphatic heterocycles. The third-order valence-electron chi connectivity index (χ3n) is 2.53. The Labute approximate surface area is 102 Å². The van der Waals surface area contributed by atoms with Crippen molar-refractivity contribution in [3.63, 3.8) is 0 Å². The Hall–Kier alpha value is -1.62. The molecule has 94 valence electrons. The summed E-state index contributed by atoms with van der Waals surface area (Å²) in [7, 11) is 0. The predicted octanol–water partition coefficient (Wildman–Crippen LogP) is 0.632. The topological polar surface area (TPSA) is 85.2 Å². The molecule has 5 heteroatoms. The third-order valence-corrected chi connectivity index (χ3v) is 2.53. The number of primary amides is 1. The smallest absolute Gasteiger partial charge is 0.236 e. The van der Waals surface area contributed by atoms with Gasteiger partial charge < -0.3 is 16.4 Å². The average molecular weight is 236 g/mol. The van der Waals surface area contributed by atoms with E-state index in [0.29, 0.717) is 6.54 Å². The van der Waals surface area contributed by atoms with E-state index >= 15 is 0 Å². The highest BCUT2D eigenvalue weighted by atomic mass is 16.1. The Bertz CT molecular complexity index is 367. The molecule has 0 bridgehead atoms. The molecule has 4 N–H and O–H groups in total. The minimum Gasteiger partial charge on any atom is -0.368 e. The first kappa shape index (κ1) is 13.4. The van der Waals surface area contributed by atoms with Crippen LogP contribution in [-0.4, -0.2) is 24.0 Å². The van der Waals surface area contributed by atoms with Gasteiger partial charge >= 0.3 is 0 Å². The van der Waals surface area contributed by atoms with Crippen LogP contribution in [0.5, 0.6) is 0 Å². The molecule has 17 heavy (non-hydrogen) atoms. The van der Waals surface area contributed by atoms with Crippen molar-refractivity contribution in [1.82, 2.24) is 4.98 Å². The van der Waals surface area contributed by atoms with E-state index in [1.54, 1.807) is 6.20 Å². The molecular formula is C12H20N4O. The number of hydrogen-bond donors (Lipinski definition) is 2. The molecule has 0 saturated heterocycles. The monoisotopic (exact) mass is 236 g/mol. The number of rotatable bonds is 7. The fourth-order valence-electron chi connectivity index (χ4n) is 1.70. The van der Waals surface area contributed by atoms with Crippen LogP contribution in [-0.2, 0) is 11.3 Å². The third kappa shape index (κ3) is 4.03. The fourth-order valence-corrected chi connectivity index (χ4v) is 1.70. The highest BCUT2D eigenvalue weighted by Gasteiger charge is 2.12. The molecule has 0 atom stereocenters. The number of amides is 1. The molecular weight excluding hydrogens is 216 g/mol. The van der Waals surface area contributed by atoms with Crippen molar-refractivity contribution in [1.29, 1.82) is 0 Å². The SMILES string of the molecule is CCCCN(CC(N)=O)c1cccnc1CN. The van der Waals surface area contributed by atoms with Crippen molar-refractivity contribution in [3.05, 3.63) is 24.0 Å². The first-order valence-corrected chi connectivity index (χ1v) is 5.86. The van der Waals surface area contributed by atoms with Crippen molar-refractivity contribution in [2.45, 2.75) is 26.3 Å². The van der Waals surface area contributed by atoms with Crippen molar-refractivity contribution in [3.8, 4) is 0 Å². The average Bonchev–Trinajstić information content (AvgIpc) is 2.34. The quantitative estimate of drug-likeness (QED) is 0.727. The summed E-state index contributed by atoms with van der Waals surface area (Å²) in [6, 6.07) is 3.77. The summed E-state index contributed by atoms with van der Waals surface area (Å²) in [4.78, 5) is 17.2. The number of nitrogens with two attached hydrogens (primary N) is 2. The number of carbonyl (C=O) groups is 1. The van der Waals surface area contributed by atoms with Crippen LogP contribution in [0.4, 0.5) is 5.69 Å². The molecule has 0 aliphatic rings. The summed E-state index contributed by atoms with van der Waals surface area (Å²) >= 11 is 0. The second-order valence-electron chi connectivity index (χ2n) is 3.91. The van der Waals surface area contributed by atoms with Gasteiger partial charge in [-0.05, 0) is 18.6 Å². The van der Waals surface area contributed by atoms with Crippen LogP contribution in [0.3, 0.4) is 0 Å². The Kier molecular flexibility index (Phi) is 5.42. The molecule has 0 fully saturated rings. The maximum atomic E-state index is 11.1. The van der Waals surface area contributed by atoms with E-state index in [4.69, 9.17) is 11.5 Å². The largest absolute Gasteiger partial charge is 0.368 e. The van der Waals surface area contributed by atoms with E-state index in [1.165, 1.54) is 0 Å². The molecule has 1 aromatic heterocycles. The molecule has 1 rings (SSSR count). The van der Waals surface area contributed by atoms with Crippen LogP contribution in [0.15, 0.2) is 18.3 Å². The first-order valence-electron chi connectivity index (χ1n) is 5.86. The van der Waals surface area contributed by atoms with Gasteiger partial charge in [0.25, 0.3) is 0 Å². The van der Waals surface area contributed by atoms with Gasteiger partial charge in [0, 0.05) is 19.3 Å². The Balaban J connectivity index is 2.90. The lowest BCUT2D eigenvalue weighted by Crippen LogP contribution is -2.35. The number of hydrogen-bond acceptors (Lipinski definition) is 4. The van der Waals surface area contributed by atoms with Gasteiger partial charge in [-0.2, -0.15) is 0 Å². The second kappa shape index (κ2) is 6.85. The van der Waals surface area contributed by atoms with E-state index < -0.39 is 0 Å². The van der Waals surface area contributed by atoms with Crippen LogP contribution >= 0.6 is 0 Å². The molecule has 0 aliphatic carbocycles. The van der Waals surface area contributed by atoms with Gasteiger partial charge in [0.2, 0.25) is 5.91 Å². The highest BCUT2D eigenvalue weighted by molar-refractivity contribution is 5.79. The van der Waals surface area contributed by atoms with Gasteiger partial charge in [-0.3, -0.25) is 9.78 Å². The van der Waals surface area contributed by atoms with Crippen LogP contribution in [0.1, 0.15) is 25.5 Å². The summed E-state index contributed by atoms with van der Waals surface area (Å²) in [5, 5.41) is 0. The van der Waals surface area contributed by atoms with E-state index in [2.05, 4.69) is 11.9 Å². The van der Waals surface area contributed by atoms with Crippen LogP contribution in [0, 0.1) is 0 Å². The molecule has 0 aromatic carbocycles. The second-order valence-corrected chi connectivity index (χ2v) is 3.91. The zero-order valence-corrected chi connectivity index (χ0v) is 10.2. The van der Waals surface area contributed by atoms with Gasteiger partial charge in [0.15, 0.2) is 0 Å². The van der Waals surface area contributed by atoms with Gasteiger partial charge in [0.1, 0.15) is 0 Å². The Morgan fingerprint density at radius 1 is 1.53 bits per heavy atom. The standard InChI is InChI=1S/C12H20N4O/c1-2-3-7-16(9-12(14)17)11-5-4-6-15-10(11)8-13/h4-6H,2-3,7-9,13H2,1H3,(H2,14,17). The van der Waals surface area contributed by atoms with Gasteiger partial charge in [-0.25, -0.2) is 0 Å². The lowest BCUT2D eigenvalue weighted by atomic mass is 10.2. The van der Waals surface area contributed by atoms with Crippen molar-refractivity contribution in [2.75, 3.05) is 18.0 Å². The normalized spacial score (nSPS) is 10.2. The molecule has 1 heterocycles. The molecule has 1 amide bonds. The first-order chi connectivity index (χ1) is 8.19.